The standard InChI is InChI=1S/C15H14ClFO/c1-10-6-7-12(17)9-13(10)15(18)8-11-4-2-3-5-14(11)16/h2-7,9,15,18H,8H2,1H3. The van der Waals surface area contributed by atoms with Gasteiger partial charge in [-0.25, -0.2) is 4.39 Å². The van der Waals surface area contributed by atoms with Gasteiger partial charge in [-0.3, -0.25) is 0 Å². The number of halogens is 2. The molecule has 0 aliphatic heterocycles. The normalized spacial score (nSPS) is 12.4. The summed E-state index contributed by atoms with van der Waals surface area (Å²) in [6, 6.07) is 11.8. The van der Waals surface area contributed by atoms with Crippen molar-refractivity contribution >= 4 is 11.6 Å². The lowest BCUT2D eigenvalue weighted by Crippen LogP contribution is -2.04. The van der Waals surface area contributed by atoms with Gasteiger partial charge in [0.05, 0.1) is 6.10 Å². The average Bonchev–Trinajstić information content (AvgIpc) is 2.35. The van der Waals surface area contributed by atoms with Crippen LogP contribution in [0.3, 0.4) is 0 Å². The largest absolute Gasteiger partial charge is 0.388 e. The zero-order chi connectivity index (χ0) is 13.1. The minimum Gasteiger partial charge on any atom is -0.388 e. The third-order valence-electron chi connectivity index (χ3n) is 2.97. The summed E-state index contributed by atoms with van der Waals surface area (Å²) in [5.41, 5.74) is 2.33. The van der Waals surface area contributed by atoms with Gasteiger partial charge >= 0.3 is 0 Å². The van der Waals surface area contributed by atoms with Crippen LogP contribution in [0.25, 0.3) is 0 Å². The highest BCUT2D eigenvalue weighted by Crippen LogP contribution is 2.25. The van der Waals surface area contributed by atoms with Crippen LogP contribution in [0.5, 0.6) is 0 Å². The maximum atomic E-state index is 13.2. The number of benzene rings is 2. The number of hydrogen-bond donors (Lipinski definition) is 1. The molecular formula is C15H14ClFO. The van der Waals surface area contributed by atoms with Gasteiger partial charge in [0.2, 0.25) is 0 Å². The third-order valence-corrected chi connectivity index (χ3v) is 3.34. The summed E-state index contributed by atoms with van der Waals surface area (Å²) in [5.74, 6) is -0.339. The molecule has 0 aliphatic carbocycles. The molecule has 1 N–H and O–H groups in total. The van der Waals surface area contributed by atoms with Crippen molar-refractivity contribution in [3.8, 4) is 0 Å². The first kappa shape index (κ1) is 13.1. The van der Waals surface area contributed by atoms with E-state index < -0.39 is 6.10 Å². The van der Waals surface area contributed by atoms with Crippen molar-refractivity contribution in [3.63, 3.8) is 0 Å². The molecule has 0 amide bonds. The number of aliphatic hydroxyl groups excluding tert-OH is 1. The Bertz CT molecular complexity index is 554. The molecule has 0 saturated heterocycles. The molecule has 0 radical (unpaired) electrons. The second kappa shape index (κ2) is 5.51. The summed E-state index contributed by atoms with van der Waals surface area (Å²) in [5, 5.41) is 10.8. The predicted molar refractivity (Wildman–Crippen MR) is 71.3 cm³/mol. The van der Waals surface area contributed by atoms with Crippen LogP contribution in [-0.2, 0) is 6.42 Å². The van der Waals surface area contributed by atoms with Crippen LogP contribution >= 0.6 is 11.6 Å². The SMILES string of the molecule is Cc1ccc(F)cc1C(O)Cc1ccccc1Cl. The first-order chi connectivity index (χ1) is 8.58. The van der Waals surface area contributed by atoms with Crippen molar-refractivity contribution in [1.82, 2.24) is 0 Å². The van der Waals surface area contributed by atoms with E-state index in [4.69, 9.17) is 11.6 Å². The quantitative estimate of drug-likeness (QED) is 0.886. The van der Waals surface area contributed by atoms with Crippen molar-refractivity contribution in [1.29, 1.82) is 0 Å². The highest BCUT2D eigenvalue weighted by atomic mass is 35.5. The maximum absolute atomic E-state index is 13.2. The van der Waals surface area contributed by atoms with Crippen LogP contribution in [0, 0.1) is 12.7 Å². The van der Waals surface area contributed by atoms with E-state index >= 15 is 0 Å². The summed E-state index contributed by atoms with van der Waals surface area (Å²) in [6.07, 6.45) is -0.371. The van der Waals surface area contributed by atoms with Crippen LogP contribution in [0.1, 0.15) is 22.8 Å². The van der Waals surface area contributed by atoms with Gasteiger partial charge in [0.15, 0.2) is 0 Å². The number of aryl methyl sites for hydroxylation is 1. The molecule has 94 valence electrons. The van der Waals surface area contributed by atoms with Crippen LogP contribution in [-0.4, -0.2) is 5.11 Å². The molecule has 2 aromatic rings. The maximum Gasteiger partial charge on any atom is 0.123 e. The van der Waals surface area contributed by atoms with Gasteiger partial charge in [-0.05, 0) is 41.8 Å². The molecule has 1 atom stereocenters. The van der Waals surface area contributed by atoms with E-state index in [0.29, 0.717) is 17.0 Å². The first-order valence-electron chi connectivity index (χ1n) is 5.75. The Balaban J connectivity index is 2.25. The van der Waals surface area contributed by atoms with Crippen LogP contribution in [0.4, 0.5) is 4.39 Å². The highest BCUT2D eigenvalue weighted by molar-refractivity contribution is 6.31. The molecule has 0 fully saturated rings. The van der Waals surface area contributed by atoms with Gasteiger partial charge in [-0.2, -0.15) is 0 Å². The lowest BCUT2D eigenvalue weighted by atomic mass is 9.97. The molecule has 0 spiro atoms. The number of hydrogen-bond acceptors (Lipinski definition) is 1. The summed E-state index contributed by atoms with van der Waals surface area (Å²) in [4.78, 5) is 0. The summed E-state index contributed by atoms with van der Waals surface area (Å²) in [7, 11) is 0. The van der Waals surface area contributed by atoms with Crippen molar-refractivity contribution in [2.75, 3.05) is 0 Å². The molecular weight excluding hydrogens is 251 g/mol. The minimum absolute atomic E-state index is 0.339. The second-order valence-electron chi connectivity index (χ2n) is 4.31. The average molecular weight is 265 g/mol. The number of rotatable bonds is 3. The molecule has 0 aliphatic rings. The van der Waals surface area contributed by atoms with E-state index in [1.54, 1.807) is 12.1 Å². The van der Waals surface area contributed by atoms with Crippen molar-refractivity contribution < 1.29 is 9.50 Å². The molecule has 1 unspecified atom stereocenters. The Labute approximate surface area is 111 Å². The van der Waals surface area contributed by atoms with E-state index in [2.05, 4.69) is 0 Å². The van der Waals surface area contributed by atoms with Crippen molar-refractivity contribution in [2.24, 2.45) is 0 Å². The van der Waals surface area contributed by atoms with Crippen molar-refractivity contribution in [3.05, 3.63) is 70.0 Å². The van der Waals surface area contributed by atoms with E-state index in [9.17, 15) is 9.50 Å². The molecule has 0 saturated carbocycles. The molecule has 3 heteroatoms. The molecule has 18 heavy (non-hydrogen) atoms. The van der Waals surface area contributed by atoms with E-state index in [1.165, 1.54) is 12.1 Å². The van der Waals surface area contributed by atoms with E-state index in [1.807, 2.05) is 25.1 Å². The van der Waals surface area contributed by atoms with E-state index in [0.717, 1.165) is 11.1 Å². The van der Waals surface area contributed by atoms with Gasteiger partial charge in [0.25, 0.3) is 0 Å². The molecule has 0 heterocycles. The minimum atomic E-state index is -0.749. The van der Waals surface area contributed by atoms with E-state index in [-0.39, 0.29) is 5.82 Å². The molecule has 2 aromatic carbocycles. The molecule has 2 rings (SSSR count). The monoisotopic (exact) mass is 264 g/mol. The zero-order valence-electron chi connectivity index (χ0n) is 10.0. The van der Waals surface area contributed by atoms with Crippen LogP contribution in [0.2, 0.25) is 5.02 Å². The Morgan fingerprint density at radius 1 is 1.22 bits per heavy atom. The first-order valence-corrected chi connectivity index (χ1v) is 6.13. The molecule has 1 nitrogen and oxygen atoms in total. The molecule has 0 bridgehead atoms. The Morgan fingerprint density at radius 2 is 1.94 bits per heavy atom. The Hall–Kier alpha value is -1.38. The van der Waals surface area contributed by atoms with Crippen LogP contribution < -0.4 is 0 Å². The topological polar surface area (TPSA) is 20.2 Å². The Morgan fingerprint density at radius 3 is 2.67 bits per heavy atom. The fourth-order valence-corrected chi connectivity index (χ4v) is 2.17. The van der Waals surface area contributed by atoms with Crippen molar-refractivity contribution in [2.45, 2.75) is 19.4 Å². The molecule has 0 aromatic heterocycles. The highest BCUT2D eigenvalue weighted by Gasteiger charge is 2.13. The van der Waals surface area contributed by atoms with Gasteiger partial charge in [0.1, 0.15) is 5.82 Å². The lowest BCUT2D eigenvalue weighted by molar-refractivity contribution is 0.177. The predicted octanol–water partition coefficient (Wildman–Crippen LogP) is 4.06. The van der Waals surface area contributed by atoms with Gasteiger partial charge in [-0.1, -0.05) is 35.9 Å². The summed E-state index contributed by atoms with van der Waals surface area (Å²) >= 11 is 6.04. The van der Waals surface area contributed by atoms with Gasteiger partial charge in [0, 0.05) is 11.4 Å². The smallest absolute Gasteiger partial charge is 0.123 e. The van der Waals surface area contributed by atoms with Gasteiger partial charge < -0.3 is 5.11 Å². The second-order valence-corrected chi connectivity index (χ2v) is 4.72. The summed E-state index contributed by atoms with van der Waals surface area (Å²) in [6.45, 7) is 1.85. The fourth-order valence-electron chi connectivity index (χ4n) is 1.95. The van der Waals surface area contributed by atoms with Gasteiger partial charge in [-0.15, -0.1) is 0 Å². The summed E-state index contributed by atoms with van der Waals surface area (Å²) < 4.78 is 13.2. The Kier molecular flexibility index (Phi) is 4.00. The zero-order valence-corrected chi connectivity index (χ0v) is 10.8. The fraction of sp³-hybridized carbons (Fsp3) is 0.200. The lowest BCUT2D eigenvalue weighted by Gasteiger charge is -2.14. The number of aliphatic hydroxyl groups is 1. The third kappa shape index (κ3) is 2.89. The van der Waals surface area contributed by atoms with Crippen LogP contribution in [0.15, 0.2) is 42.5 Å².